The number of aliphatic carboxylic acids is 1. The van der Waals surface area contributed by atoms with E-state index in [-0.39, 0.29) is 17.8 Å². The number of fused-ring (bicyclic) bond motifs is 2. The Morgan fingerprint density at radius 1 is 0.579 bits per heavy atom. The van der Waals surface area contributed by atoms with Gasteiger partial charge in [0.05, 0.1) is 31.2 Å². The van der Waals surface area contributed by atoms with Crippen molar-refractivity contribution in [2.75, 3.05) is 33.3 Å². The van der Waals surface area contributed by atoms with Gasteiger partial charge in [0.2, 0.25) is 0 Å². The van der Waals surface area contributed by atoms with Gasteiger partial charge < -0.3 is 19.3 Å². The van der Waals surface area contributed by atoms with Gasteiger partial charge in [-0.1, -0.05) is 64.1 Å². The van der Waals surface area contributed by atoms with Crippen LogP contribution in [-0.2, 0) is 27.4 Å². The van der Waals surface area contributed by atoms with Crippen LogP contribution in [0.4, 0.5) is 0 Å². The summed E-state index contributed by atoms with van der Waals surface area (Å²) < 4.78 is 17.4. The number of benzene rings is 4. The van der Waals surface area contributed by atoms with Gasteiger partial charge in [0.25, 0.3) is 0 Å². The molecular formula is C49H64N2O6. The number of hydrogen-bond acceptors (Lipinski definition) is 7. The van der Waals surface area contributed by atoms with Gasteiger partial charge in [0.1, 0.15) is 11.5 Å². The molecule has 0 unspecified atom stereocenters. The molecule has 8 nitrogen and oxygen atoms in total. The zero-order chi connectivity index (χ0) is 40.1. The van der Waals surface area contributed by atoms with Gasteiger partial charge in [-0.25, -0.2) is 0 Å². The molecule has 2 aliphatic heterocycles. The minimum absolute atomic E-state index is 0.0377. The Kier molecular flexibility index (Phi) is 13.4. The SMILES string of the molecule is CC(C)C1CCC(Oc2ccc3cc(CN4CC(C(=O)O)C4)ccc3c2)CC1.COC(=O)C1CN(Cc2ccc3cc(OC4CCC(C(C)C)CC4)ccc3c2)C1. The van der Waals surface area contributed by atoms with Crippen molar-refractivity contribution in [1.82, 2.24) is 9.80 Å². The van der Waals surface area contributed by atoms with Crippen molar-refractivity contribution in [3.05, 3.63) is 83.9 Å². The van der Waals surface area contributed by atoms with E-state index in [0.29, 0.717) is 25.3 Å². The number of carbonyl (C=O) groups is 2. The second-order valence-electron chi connectivity index (χ2n) is 18.1. The van der Waals surface area contributed by atoms with Crippen molar-refractivity contribution >= 4 is 33.5 Å². The highest BCUT2D eigenvalue weighted by Gasteiger charge is 2.34. The van der Waals surface area contributed by atoms with Gasteiger partial charge in [-0.2, -0.15) is 0 Å². The Labute approximate surface area is 339 Å². The molecule has 8 rings (SSSR count). The van der Waals surface area contributed by atoms with E-state index in [2.05, 4.69) is 110 Å². The monoisotopic (exact) mass is 776 g/mol. The first-order valence-corrected chi connectivity index (χ1v) is 21.6. The number of ether oxygens (including phenoxy) is 3. The van der Waals surface area contributed by atoms with E-state index in [1.54, 1.807) is 0 Å². The van der Waals surface area contributed by atoms with Crippen molar-refractivity contribution in [2.45, 2.75) is 104 Å². The lowest BCUT2D eigenvalue weighted by Crippen LogP contribution is -2.49. The zero-order valence-corrected chi connectivity index (χ0v) is 34.8. The molecule has 0 aromatic heterocycles. The molecule has 4 aromatic rings. The molecule has 2 saturated heterocycles. The van der Waals surface area contributed by atoms with Crippen LogP contribution in [-0.4, -0.2) is 72.3 Å². The van der Waals surface area contributed by atoms with Gasteiger partial charge in [-0.3, -0.25) is 19.4 Å². The number of nitrogens with zero attached hydrogens (tertiary/aromatic N) is 2. The molecule has 1 N–H and O–H groups in total. The van der Waals surface area contributed by atoms with E-state index in [0.717, 1.165) is 74.2 Å². The quantitative estimate of drug-likeness (QED) is 0.142. The predicted molar refractivity (Wildman–Crippen MR) is 228 cm³/mol. The molecule has 4 aromatic carbocycles. The molecule has 8 heteroatoms. The van der Waals surface area contributed by atoms with Crippen LogP contribution in [0.15, 0.2) is 72.8 Å². The fourth-order valence-electron chi connectivity index (χ4n) is 9.41. The summed E-state index contributed by atoms with van der Waals surface area (Å²) in [7, 11) is 1.46. The van der Waals surface area contributed by atoms with Crippen LogP contribution < -0.4 is 9.47 Å². The lowest BCUT2D eigenvalue weighted by molar-refractivity contribution is -0.151. The average Bonchev–Trinajstić information content (AvgIpc) is 3.17. The van der Waals surface area contributed by atoms with Crippen molar-refractivity contribution in [3.63, 3.8) is 0 Å². The molecule has 0 spiro atoms. The van der Waals surface area contributed by atoms with Crippen molar-refractivity contribution < 1.29 is 28.9 Å². The zero-order valence-electron chi connectivity index (χ0n) is 34.8. The first-order valence-electron chi connectivity index (χ1n) is 21.6. The molecule has 306 valence electrons. The fraction of sp³-hybridized carbons (Fsp3) is 0.551. The second kappa shape index (κ2) is 18.6. The van der Waals surface area contributed by atoms with Crippen LogP contribution in [0.1, 0.15) is 90.2 Å². The highest BCUT2D eigenvalue weighted by atomic mass is 16.5. The Bertz CT molecular complexity index is 1970. The van der Waals surface area contributed by atoms with Gasteiger partial charge >= 0.3 is 11.9 Å². The Balaban J connectivity index is 0.000000174. The van der Waals surface area contributed by atoms with E-state index in [1.165, 1.54) is 78.3 Å². The lowest BCUT2D eigenvalue weighted by Gasteiger charge is -2.37. The average molecular weight is 777 g/mol. The summed E-state index contributed by atoms with van der Waals surface area (Å²) >= 11 is 0. The number of carboxylic acid groups (broad SMARTS) is 1. The van der Waals surface area contributed by atoms with Crippen molar-refractivity contribution in [3.8, 4) is 11.5 Å². The lowest BCUT2D eigenvalue weighted by atomic mass is 9.80. The number of esters is 1. The number of likely N-dealkylation sites (tertiary alicyclic amines) is 2. The molecule has 2 saturated carbocycles. The number of methoxy groups -OCH3 is 1. The van der Waals surface area contributed by atoms with Crippen molar-refractivity contribution in [1.29, 1.82) is 0 Å². The number of carbonyl (C=O) groups excluding carboxylic acids is 1. The Morgan fingerprint density at radius 2 is 0.965 bits per heavy atom. The Hall–Kier alpha value is -4.14. The molecule has 2 heterocycles. The van der Waals surface area contributed by atoms with E-state index >= 15 is 0 Å². The number of hydrogen-bond donors (Lipinski definition) is 1. The summed E-state index contributed by atoms with van der Waals surface area (Å²) in [4.78, 5) is 26.9. The summed E-state index contributed by atoms with van der Waals surface area (Å²) in [6, 6.07) is 26.0. The predicted octanol–water partition coefficient (Wildman–Crippen LogP) is 9.99. The standard InChI is InChI=1S/C25H33NO3.C24H31NO3/c1-17(2)19-6-9-23(10-7-19)29-24-11-8-20-12-18(4-5-21(20)13-24)14-26-15-22(16-26)25(27)28-3;1-16(2)18-5-8-22(9-6-18)28-23-10-7-19-11-17(3-4-20(19)12-23)13-25-14-21(15-25)24(26)27/h4-5,8,11-13,17,19,22-23H,6-7,9-10,14-16H2,1-3H3;3-4,7,10-12,16,18,21-22H,5-6,8-9,13-15H2,1-2H3,(H,26,27). The van der Waals surface area contributed by atoms with E-state index < -0.39 is 5.97 Å². The minimum Gasteiger partial charge on any atom is -0.490 e. The molecule has 0 amide bonds. The maximum absolute atomic E-state index is 11.5. The third-order valence-electron chi connectivity index (χ3n) is 13.3. The first kappa shape index (κ1) is 41.0. The van der Waals surface area contributed by atoms with Crippen molar-refractivity contribution in [2.24, 2.45) is 35.5 Å². The highest BCUT2D eigenvalue weighted by Crippen LogP contribution is 2.35. The van der Waals surface area contributed by atoms with Gasteiger partial charge in [-0.05, 0) is 144 Å². The molecule has 0 radical (unpaired) electrons. The normalized spacial score (nSPS) is 23.4. The molecular weight excluding hydrogens is 713 g/mol. The summed E-state index contributed by atoms with van der Waals surface area (Å²) in [5.41, 5.74) is 2.51. The molecule has 4 aliphatic rings. The van der Waals surface area contributed by atoms with E-state index in [1.807, 2.05) is 0 Å². The Morgan fingerprint density at radius 3 is 1.35 bits per heavy atom. The van der Waals surface area contributed by atoms with Crippen LogP contribution >= 0.6 is 0 Å². The number of carboxylic acids is 1. The van der Waals surface area contributed by atoms with E-state index in [4.69, 9.17) is 19.3 Å². The number of rotatable bonds is 12. The largest absolute Gasteiger partial charge is 0.490 e. The van der Waals surface area contributed by atoms with Gasteiger partial charge in [0.15, 0.2) is 0 Å². The topological polar surface area (TPSA) is 88.5 Å². The second-order valence-corrected chi connectivity index (χ2v) is 18.1. The summed E-state index contributed by atoms with van der Waals surface area (Å²) in [5.74, 6) is 4.31. The summed E-state index contributed by atoms with van der Waals surface area (Å²) in [5, 5.41) is 13.9. The fourth-order valence-corrected chi connectivity index (χ4v) is 9.41. The van der Waals surface area contributed by atoms with Crippen LogP contribution in [0.3, 0.4) is 0 Å². The first-order chi connectivity index (χ1) is 27.5. The van der Waals surface area contributed by atoms with E-state index in [9.17, 15) is 9.59 Å². The third-order valence-corrected chi connectivity index (χ3v) is 13.3. The van der Waals surface area contributed by atoms with Gasteiger partial charge in [0, 0.05) is 39.3 Å². The van der Waals surface area contributed by atoms with Gasteiger partial charge in [-0.15, -0.1) is 0 Å². The van der Waals surface area contributed by atoms with Crippen LogP contribution in [0, 0.1) is 35.5 Å². The molecule has 4 fully saturated rings. The van der Waals surface area contributed by atoms with Crippen LogP contribution in [0.2, 0.25) is 0 Å². The molecule has 57 heavy (non-hydrogen) atoms. The third kappa shape index (κ3) is 10.7. The smallest absolute Gasteiger partial charge is 0.311 e. The maximum Gasteiger partial charge on any atom is 0.311 e. The molecule has 2 aliphatic carbocycles. The minimum atomic E-state index is -0.681. The summed E-state index contributed by atoms with van der Waals surface area (Å²) in [6.45, 7) is 13.9. The molecule has 0 atom stereocenters. The highest BCUT2D eigenvalue weighted by molar-refractivity contribution is 5.85. The van der Waals surface area contributed by atoms with Crippen LogP contribution in [0.25, 0.3) is 21.5 Å². The molecule has 0 bridgehead atoms. The van der Waals surface area contributed by atoms with Crippen LogP contribution in [0.5, 0.6) is 11.5 Å². The maximum atomic E-state index is 11.5. The summed E-state index contributed by atoms with van der Waals surface area (Å²) in [6.07, 6.45) is 10.5.